The summed E-state index contributed by atoms with van der Waals surface area (Å²) in [7, 11) is 0. The summed E-state index contributed by atoms with van der Waals surface area (Å²) in [5.74, 6) is 0.697. The van der Waals surface area contributed by atoms with Gasteiger partial charge in [-0.3, -0.25) is 0 Å². The number of nitrogens with zero attached hydrogens (tertiary/aromatic N) is 2. The molecule has 20 heavy (non-hydrogen) atoms. The third kappa shape index (κ3) is 2.81. The summed E-state index contributed by atoms with van der Waals surface area (Å²) in [6.07, 6.45) is 4.63. The van der Waals surface area contributed by atoms with Gasteiger partial charge in [-0.1, -0.05) is 13.0 Å². The summed E-state index contributed by atoms with van der Waals surface area (Å²) in [5, 5.41) is 8.12. The van der Waals surface area contributed by atoms with Crippen molar-refractivity contribution < 1.29 is 0 Å². The summed E-state index contributed by atoms with van der Waals surface area (Å²) in [4.78, 5) is 0. The molecule has 1 aromatic heterocycles. The Labute approximate surface area is 128 Å². The highest BCUT2D eigenvalue weighted by Crippen LogP contribution is 2.39. The zero-order chi connectivity index (χ0) is 14.1. The van der Waals surface area contributed by atoms with Crippen molar-refractivity contribution in [2.24, 2.45) is 0 Å². The van der Waals surface area contributed by atoms with Gasteiger partial charge in [-0.15, -0.1) is 0 Å². The van der Waals surface area contributed by atoms with Crippen molar-refractivity contribution in [1.29, 1.82) is 0 Å². The molecule has 0 bridgehead atoms. The molecule has 4 heteroatoms. The summed E-state index contributed by atoms with van der Waals surface area (Å²) in [6, 6.07) is 8.99. The van der Waals surface area contributed by atoms with Crippen LogP contribution >= 0.6 is 15.9 Å². The second kappa shape index (κ2) is 5.70. The predicted octanol–water partition coefficient (Wildman–Crippen LogP) is 4.18. The maximum Gasteiger partial charge on any atom is 0.0787 e. The molecule has 1 aromatic carbocycles. The van der Waals surface area contributed by atoms with Gasteiger partial charge in [0.2, 0.25) is 0 Å². The topological polar surface area (TPSA) is 29.9 Å². The third-order valence-electron chi connectivity index (χ3n) is 3.83. The molecule has 1 heterocycles. The number of rotatable bonds is 5. The summed E-state index contributed by atoms with van der Waals surface area (Å²) in [5.41, 5.74) is 3.61. The standard InChI is InChI=1S/C16H20BrN3/c1-3-18-11(2)13-6-7-16(14(17)10-13)20-9-8-15(19-20)12-4-5-12/h6-12,18H,3-5H2,1-2H3. The average molecular weight is 334 g/mol. The fraction of sp³-hybridized carbons (Fsp3) is 0.438. The zero-order valence-electron chi connectivity index (χ0n) is 11.9. The number of hydrogen-bond donors (Lipinski definition) is 1. The minimum absolute atomic E-state index is 0.366. The molecule has 1 N–H and O–H groups in total. The summed E-state index contributed by atoms with van der Waals surface area (Å²) < 4.78 is 3.06. The number of benzene rings is 1. The van der Waals surface area contributed by atoms with Crippen LogP contribution in [-0.2, 0) is 0 Å². The second-order valence-electron chi connectivity index (χ2n) is 5.45. The van der Waals surface area contributed by atoms with Crippen molar-refractivity contribution >= 4 is 15.9 Å². The van der Waals surface area contributed by atoms with Gasteiger partial charge in [0, 0.05) is 22.6 Å². The first-order valence-electron chi connectivity index (χ1n) is 7.27. The quantitative estimate of drug-likeness (QED) is 0.889. The van der Waals surface area contributed by atoms with E-state index in [4.69, 9.17) is 0 Å². The lowest BCUT2D eigenvalue weighted by atomic mass is 10.1. The van der Waals surface area contributed by atoms with Gasteiger partial charge in [-0.2, -0.15) is 5.10 Å². The number of aromatic nitrogens is 2. The Hall–Kier alpha value is -1.13. The first-order valence-corrected chi connectivity index (χ1v) is 8.07. The van der Waals surface area contributed by atoms with Gasteiger partial charge in [-0.05, 0) is 66.0 Å². The Kier molecular flexibility index (Phi) is 3.94. The third-order valence-corrected chi connectivity index (χ3v) is 4.47. The molecule has 0 aliphatic heterocycles. The molecule has 3 rings (SSSR count). The molecule has 1 saturated carbocycles. The zero-order valence-corrected chi connectivity index (χ0v) is 13.5. The van der Waals surface area contributed by atoms with Crippen LogP contribution in [0.2, 0.25) is 0 Å². The fourth-order valence-corrected chi connectivity index (χ4v) is 3.05. The van der Waals surface area contributed by atoms with E-state index in [1.54, 1.807) is 0 Å². The molecule has 3 nitrogen and oxygen atoms in total. The minimum Gasteiger partial charge on any atom is -0.310 e. The van der Waals surface area contributed by atoms with Gasteiger partial charge < -0.3 is 5.32 Å². The van der Waals surface area contributed by atoms with Gasteiger partial charge in [0.15, 0.2) is 0 Å². The lowest BCUT2D eigenvalue weighted by Gasteiger charge is -2.14. The lowest BCUT2D eigenvalue weighted by Crippen LogP contribution is -2.17. The van der Waals surface area contributed by atoms with E-state index in [9.17, 15) is 0 Å². The Morgan fingerprint density at radius 3 is 2.85 bits per heavy atom. The van der Waals surface area contributed by atoms with Gasteiger partial charge in [0.1, 0.15) is 0 Å². The monoisotopic (exact) mass is 333 g/mol. The molecule has 0 saturated heterocycles. The normalized spacial score (nSPS) is 16.4. The maximum absolute atomic E-state index is 4.69. The van der Waals surface area contributed by atoms with Gasteiger partial charge in [0.05, 0.1) is 11.4 Å². The molecular weight excluding hydrogens is 314 g/mol. The van der Waals surface area contributed by atoms with Gasteiger partial charge in [-0.25, -0.2) is 4.68 Å². The van der Waals surface area contributed by atoms with Crippen LogP contribution < -0.4 is 5.32 Å². The number of halogens is 1. The van der Waals surface area contributed by atoms with Crippen LogP contribution in [-0.4, -0.2) is 16.3 Å². The molecule has 1 aliphatic carbocycles. The van der Waals surface area contributed by atoms with Crippen LogP contribution in [0, 0.1) is 0 Å². The Balaban J connectivity index is 1.85. The molecule has 0 amide bonds. The van der Waals surface area contributed by atoms with Gasteiger partial charge >= 0.3 is 0 Å². The molecule has 1 aliphatic rings. The summed E-state index contributed by atoms with van der Waals surface area (Å²) >= 11 is 3.68. The van der Waals surface area contributed by atoms with Crippen molar-refractivity contribution in [3.05, 3.63) is 46.2 Å². The molecule has 2 aromatic rings. The molecule has 1 fully saturated rings. The molecule has 1 unspecified atom stereocenters. The molecule has 1 atom stereocenters. The Morgan fingerprint density at radius 2 is 2.20 bits per heavy atom. The van der Waals surface area contributed by atoms with E-state index in [1.807, 2.05) is 4.68 Å². The average Bonchev–Trinajstić information content (AvgIpc) is 3.17. The Morgan fingerprint density at radius 1 is 1.40 bits per heavy atom. The first-order chi connectivity index (χ1) is 9.69. The van der Waals surface area contributed by atoms with Crippen LogP contribution in [0.15, 0.2) is 34.9 Å². The van der Waals surface area contributed by atoms with E-state index in [2.05, 4.69) is 70.7 Å². The SMILES string of the molecule is CCNC(C)c1ccc(-n2ccc(C3CC3)n2)c(Br)c1. The smallest absolute Gasteiger partial charge is 0.0787 e. The Bertz CT molecular complexity index is 602. The van der Waals surface area contributed by atoms with Crippen LogP contribution in [0.4, 0.5) is 0 Å². The highest BCUT2D eigenvalue weighted by Gasteiger charge is 2.26. The van der Waals surface area contributed by atoms with E-state index >= 15 is 0 Å². The largest absolute Gasteiger partial charge is 0.310 e. The van der Waals surface area contributed by atoms with E-state index in [0.717, 1.165) is 16.7 Å². The van der Waals surface area contributed by atoms with E-state index < -0.39 is 0 Å². The van der Waals surface area contributed by atoms with E-state index in [0.29, 0.717) is 12.0 Å². The van der Waals surface area contributed by atoms with Crippen molar-refractivity contribution in [1.82, 2.24) is 15.1 Å². The highest BCUT2D eigenvalue weighted by molar-refractivity contribution is 9.10. The summed E-state index contributed by atoms with van der Waals surface area (Å²) in [6.45, 7) is 5.29. The van der Waals surface area contributed by atoms with Gasteiger partial charge in [0.25, 0.3) is 0 Å². The van der Waals surface area contributed by atoms with Crippen LogP contribution in [0.25, 0.3) is 5.69 Å². The van der Waals surface area contributed by atoms with Crippen molar-refractivity contribution in [3.63, 3.8) is 0 Å². The predicted molar refractivity (Wildman–Crippen MR) is 85.3 cm³/mol. The van der Waals surface area contributed by atoms with E-state index in [1.165, 1.54) is 24.1 Å². The van der Waals surface area contributed by atoms with Crippen LogP contribution in [0.3, 0.4) is 0 Å². The number of hydrogen-bond acceptors (Lipinski definition) is 2. The number of nitrogens with one attached hydrogen (secondary N) is 1. The molecule has 0 spiro atoms. The fourth-order valence-electron chi connectivity index (χ4n) is 2.47. The van der Waals surface area contributed by atoms with Crippen LogP contribution in [0.5, 0.6) is 0 Å². The first kappa shape index (κ1) is 13.8. The van der Waals surface area contributed by atoms with Crippen LogP contribution in [0.1, 0.15) is 49.9 Å². The molecule has 0 radical (unpaired) electrons. The maximum atomic E-state index is 4.69. The van der Waals surface area contributed by atoms with E-state index in [-0.39, 0.29) is 0 Å². The minimum atomic E-state index is 0.366. The molecule has 106 valence electrons. The molecular formula is C16H20BrN3. The lowest BCUT2D eigenvalue weighted by molar-refractivity contribution is 0.597. The van der Waals surface area contributed by atoms with Crippen molar-refractivity contribution in [3.8, 4) is 5.69 Å². The second-order valence-corrected chi connectivity index (χ2v) is 6.30. The van der Waals surface area contributed by atoms with Crippen molar-refractivity contribution in [2.45, 2.75) is 38.6 Å². The van der Waals surface area contributed by atoms with Crippen molar-refractivity contribution in [2.75, 3.05) is 6.54 Å². The highest BCUT2D eigenvalue weighted by atomic mass is 79.9.